The number of benzene rings is 1. The van der Waals surface area contributed by atoms with Gasteiger partial charge in [-0.2, -0.15) is 0 Å². The lowest BCUT2D eigenvalue weighted by Gasteiger charge is -2.37. The van der Waals surface area contributed by atoms with E-state index in [0.29, 0.717) is 5.92 Å². The van der Waals surface area contributed by atoms with E-state index in [-0.39, 0.29) is 6.04 Å². The van der Waals surface area contributed by atoms with E-state index in [1.807, 2.05) is 16.8 Å². The number of aromatic nitrogens is 4. The van der Waals surface area contributed by atoms with Gasteiger partial charge in [-0.1, -0.05) is 26.0 Å². The Morgan fingerprint density at radius 3 is 2.38 bits per heavy atom. The predicted molar refractivity (Wildman–Crippen MR) is 101 cm³/mol. The summed E-state index contributed by atoms with van der Waals surface area (Å²) in [4.78, 5) is 4.85. The molecule has 1 fully saturated rings. The quantitative estimate of drug-likeness (QED) is 0.755. The highest BCUT2D eigenvalue weighted by Crippen LogP contribution is 2.29. The van der Waals surface area contributed by atoms with Gasteiger partial charge in [0.1, 0.15) is 5.75 Å². The Balaban J connectivity index is 1.91. The maximum absolute atomic E-state index is 5.32. The molecule has 7 heteroatoms. The van der Waals surface area contributed by atoms with E-state index in [4.69, 9.17) is 4.74 Å². The summed E-state index contributed by atoms with van der Waals surface area (Å²) in [7, 11) is 3.87. The van der Waals surface area contributed by atoms with Crippen LogP contribution < -0.4 is 4.74 Å². The van der Waals surface area contributed by atoms with Crippen molar-refractivity contribution in [1.29, 1.82) is 0 Å². The zero-order valence-electron chi connectivity index (χ0n) is 16.3. The zero-order chi connectivity index (χ0) is 18.5. The summed E-state index contributed by atoms with van der Waals surface area (Å²) in [6.45, 7) is 9.42. The number of nitrogens with zero attached hydrogens (tertiary/aromatic N) is 6. The van der Waals surface area contributed by atoms with Crippen LogP contribution in [0.4, 0.5) is 0 Å². The van der Waals surface area contributed by atoms with Crippen LogP contribution in [0, 0.1) is 5.92 Å². The average Bonchev–Trinajstić information content (AvgIpc) is 3.10. The summed E-state index contributed by atoms with van der Waals surface area (Å²) in [5, 5.41) is 12.7. The Labute approximate surface area is 155 Å². The molecule has 0 saturated carbocycles. The summed E-state index contributed by atoms with van der Waals surface area (Å²) in [5.41, 5.74) is 1.20. The summed E-state index contributed by atoms with van der Waals surface area (Å²) < 4.78 is 7.30. The van der Waals surface area contributed by atoms with Gasteiger partial charge in [0.05, 0.1) is 13.2 Å². The highest BCUT2D eigenvalue weighted by atomic mass is 16.5. The molecule has 2 aromatic rings. The second-order valence-corrected chi connectivity index (χ2v) is 7.46. The first-order chi connectivity index (χ1) is 12.6. The molecule has 1 atom stereocenters. The molecule has 1 unspecified atom stereocenters. The molecule has 0 radical (unpaired) electrons. The third-order valence-corrected chi connectivity index (χ3v) is 5.06. The van der Waals surface area contributed by atoms with Crippen LogP contribution in [-0.2, 0) is 6.54 Å². The number of aryl methyl sites for hydroxylation is 1. The second-order valence-electron chi connectivity index (χ2n) is 7.46. The van der Waals surface area contributed by atoms with Crippen LogP contribution in [0.1, 0.15) is 37.7 Å². The summed E-state index contributed by atoms with van der Waals surface area (Å²) in [5.74, 6) is 2.42. The van der Waals surface area contributed by atoms with Crippen molar-refractivity contribution in [1.82, 2.24) is 30.0 Å². The van der Waals surface area contributed by atoms with Gasteiger partial charge in [0, 0.05) is 32.7 Å². The van der Waals surface area contributed by atoms with Crippen molar-refractivity contribution < 1.29 is 4.74 Å². The monoisotopic (exact) mass is 358 g/mol. The fourth-order valence-corrected chi connectivity index (χ4v) is 3.34. The van der Waals surface area contributed by atoms with Gasteiger partial charge in [-0.15, -0.1) is 5.10 Å². The fraction of sp³-hybridized carbons (Fsp3) is 0.632. The fourth-order valence-electron chi connectivity index (χ4n) is 3.34. The largest absolute Gasteiger partial charge is 0.497 e. The lowest BCUT2D eigenvalue weighted by Crippen LogP contribution is -2.46. The van der Waals surface area contributed by atoms with Gasteiger partial charge < -0.3 is 9.64 Å². The van der Waals surface area contributed by atoms with Crippen LogP contribution >= 0.6 is 0 Å². The van der Waals surface area contributed by atoms with Gasteiger partial charge >= 0.3 is 0 Å². The van der Waals surface area contributed by atoms with Crippen molar-refractivity contribution in [3.8, 4) is 5.75 Å². The molecular formula is C19H30N6O. The van der Waals surface area contributed by atoms with Crippen LogP contribution in [0.25, 0.3) is 0 Å². The summed E-state index contributed by atoms with van der Waals surface area (Å²) in [6.07, 6.45) is 1.07. The van der Waals surface area contributed by atoms with Crippen molar-refractivity contribution in [2.24, 2.45) is 5.92 Å². The number of likely N-dealkylation sites (N-methyl/N-ethyl adjacent to an activating group) is 1. The number of hydrogen-bond acceptors (Lipinski definition) is 6. The van der Waals surface area contributed by atoms with E-state index in [1.54, 1.807) is 7.11 Å². The van der Waals surface area contributed by atoms with Crippen LogP contribution in [-0.4, -0.2) is 70.3 Å². The minimum atomic E-state index is 0.0665. The molecule has 0 amide bonds. The van der Waals surface area contributed by atoms with Crippen LogP contribution in [0.3, 0.4) is 0 Å². The maximum atomic E-state index is 5.32. The molecule has 1 aromatic carbocycles. The lowest BCUT2D eigenvalue weighted by atomic mass is 10.0. The van der Waals surface area contributed by atoms with Crippen molar-refractivity contribution in [2.75, 3.05) is 40.3 Å². The van der Waals surface area contributed by atoms with Crippen LogP contribution in [0.2, 0.25) is 0 Å². The van der Waals surface area contributed by atoms with Crippen LogP contribution in [0.5, 0.6) is 5.75 Å². The molecule has 1 aromatic heterocycles. The van der Waals surface area contributed by atoms with E-state index in [2.05, 4.69) is 58.4 Å². The molecule has 3 rings (SSSR count). The average molecular weight is 358 g/mol. The van der Waals surface area contributed by atoms with Gasteiger partial charge in [-0.25, -0.2) is 4.68 Å². The standard InChI is InChI=1S/C19H30N6O/c1-15(2)9-10-25-19(20-21-22-25)18(24-13-11-23(3)12-14-24)16-5-7-17(26-4)8-6-16/h5-8,15,18H,9-14H2,1-4H3. The number of hydrogen-bond donors (Lipinski definition) is 0. The Morgan fingerprint density at radius 1 is 1.08 bits per heavy atom. The number of methoxy groups -OCH3 is 1. The number of piperazine rings is 1. The topological polar surface area (TPSA) is 59.3 Å². The van der Waals surface area contributed by atoms with Gasteiger partial charge in [-0.3, -0.25) is 4.90 Å². The van der Waals surface area contributed by atoms with E-state index in [0.717, 1.165) is 50.7 Å². The van der Waals surface area contributed by atoms with Crippen molar-refractivity contribution in [2.45, 2.75) is 32.9 Å². The Kier molecular flexibility index (Phi) is 6.21. The lowest BCUT2D eigenvalue weighted by molar-refractivity contribution is 0.121. The van der Waals surface area contributed by atoms with Crippen molar-refractivity contribution >= 4 is 0 Å². The van der Waals surface area contributed by atoms with Crippen molar-refractivity contribution in [3.05, 3.63) is 35.7 Å². The molecule has 0 spiro atoms. The van der Waals surface area contributed by atoms with E-state index in [9.17, 15) is 0 Å². The normalized spacial score (nSPS) is 17.6. The minimum Gasteiger partial charge on any atom is -0.497 e. The molecule has 0 bridgehead atoms. The highest BCUT2D eigenvalue weighted by molar-refractivity contribution is 5.32. The van der Waals surface area contributed by atoms with Gasteiger partial charge in [0.25, 0.3) is 0 Å². The first-order valence-electron chi connectivity index (χ1n) is 9.41. The number of rotatable bonds is 7. The van der Waals surface area contributed by atoms with Gasteiger partial charge in [0.2, 0.25) is 0 Å². The zero-order valence-corrected chi connectivity index (χ0v) is 16.3. The second kappa shape index (κ2) is 8.60. The Bertz CT molecular complexity index is 676. The van der Waals surface area contributed by atoms with Gasteiger partial charge in [0.15, 0.2) is 5.82 Å². The molecular weight excluding hydrogens is 328 g/mol. The summed E-state index contributed by atoms with van der Waals surface area (Å²) in [6, 6.07) is 8.35. The van der Waals surface area contributed by atoms with Crippen molar-refractivity contribution in [3.63, 3.8) is 0 Å². The molecule has 7 nitrogen and oxygen atoms in total. The summed E-state index contributed by atoms with van der Waals surface area (Å²) >= 11 is 0. The first kappa shape index (κ1) is 18.8. The third kappa shape index (κ3) is 4.40. The molecule has 142 valence electrons. The molecule has 0 N–H and O–H groups in total. The van der Waals surface area contributed by atoms with E-state index in [1.165, 1.54) is 5.56 Å². The minimum absolute atomic E-state index is 0.0665. The third-order valence-electron chi connectivity index (χ3n) is 5.06. The SMILES string of the molecule is COc1ccc(C(c2nnnn2CCC(C)C)N2CCN(C)CC2)cc1. The molecule has 26 heavy (non-hydrogen) atoms. The van der Waals surface area contributed by atoms with Gasteiger partial charge in [-0.05, 0) is 47.5 Å². The molecule has 0 aliphatic carbocycles. The smallest absolute Gasteiger partial charge is 0.173 e. The molecule has 1 saturated heterocycles. The van der Waals surface area contributed by atoms with E-state index >= 15 is 0 Å². The first-order valence-corrected chi connectivity index (χ1v) is 9.41. The highest BCUT2D eigenvalue weighted by Gasteiger charge is 2.29. The molecule has 1 aliphatic heterocycles. The predicted octanol–water partition coefficient (Wildman–Crippen LogP) is 2.06. The number of tetrazole rings is 1. The molecule has 2 heterocycles. The number of ether oxygens (including phenoxy) is 1. The van der Waals surface area contributed by atoms with E-state index < -0.39 is 0 Å². The Hall–Kier alpha value is -1.99. The van der Waals surface area contributed by atoms with Crippen LogP contribution in [0.15, 0.2) is 24.3 Å². The maximum Gasteiger partial charge on any atom is 0.173 e. The Morgan fingerprint density at radius 2 is 1.77 bits per heavy atom. The molecule has 1 aliphatic rings.